The van der Waals surface area contributed by atoms with E-state index in [1.54, 1.807) is 6.08 Å². The predicted octanol–water partition coefficient (Wildman–Crippen LogP) is 2.10. The maximum atomic E-state index is 10.2. The van der Waals surface area contributed by atoms with Gasteiger partial charge in [-0.1, -0.05) is 36.9 Å². The Labute approximate surface area is 76.7 Å². The molecule has 0 radical (unpaired) electrons. The first-order chi connectivity index (χ1) is 6.22. The van der Waals surface area contributed by atoms with Crippen LogP contribution in [0.4, 0.5) is 4.79 Å². The van der Waals surface area contributed by atoms with Gasteiger partial charge >= 0.3 is 6.09 Å². The number of hydrogen-bond acceptors (Lipinski definition) is 1. The Balaban J connectivity index is 2.59. The van der Waals surface area contributed by atoms with Gasteiger partial charge in [0.05, 0.1) is 0 Å². The van der Waals surface area contributed by atoms with E-state index in [0.717, 1.165) is 11.1 Å². The number of benzene rings is 1. The Kier molecular flexibility index (Phi) is 3.09. The molecule has 3 nitrogen and oxygen atoms in total. The summed E-state index contributed by atoms with van der Waals surface area (Å²) in [4.78, 5) is 10.2. The summed E-state index contributed by atoms with van der Waals surface area (Å²) in [6, 6.07) is 7.53. The van der Waals surface area contributed by atoms with Gasteiger partial charge in [-0.25, -0.2) is 4.79 Å². The van der Waals surface area contributed by atoms with Gasteiger partial charge in [-0.3, -0.25) is 0 Å². The van der Waals surface area contributed by atoms with E-state index in [0.29, 0.717) is 6.54 Å². The first-order valence-electron chi connectivity index (χ1n) is 3.90. The minimum Gasteiger partial charge on any atom is -0.465 e. The highest BCUT2D eigenvalue weighted by atomic mass is 16.4. The molecule has 0 aliphatic rings. The molecule has 0 saturated carbocycles. The number of carbonyl (C=O) groups is 1. The molecule has 0 aliphatic carbocycles. The van der Waals surface area contributed by atoms with Crippen molar-refractivity contribution in [3.05, 3.63) is 42.0 Å². The second kappa shape index (κ2) is 4.30. The summed E-state index contributed by atoms with van der Waals surface area (Å²) in [5, 5.41) is 10.6. The number of nitrogens with one attached hydrogen (secondary N) is 1. The van der Waals surface area contributed by atoms with E-state index in [9.17, 15) is 4.79 Å². The molecule has 0 unspecified atom stereocenters. The fraction of sp³-hybridized carbons (Fsp3) is 0.100. The lowest BCUT2D eigenvalue weighted by Gasteiger charge is -2.01. The molecule has 0 bridgehead atoms. The maximum absolute atomic E-state index is 10.2. The lowest BCUT2D eigenvalue weighted by Crippen LogP contribution is -2.19. The first kappa shape index (κ1) is 9.32. The van der Waals surface area contributed by atoms with Gasteiger partial charge in [0, 0.05) is 6.54 Å². The summed E-state index contributed by atoms with van der Waals surface area (Å²) in [5.74, 6) is 0. The number of carboxylic acid groups (broad SMARTS) is 1. The summed E-state index contributed by atoms with van der Waals surface area (Å²) < 4.78 is 0. The lowest BCUT2D eigenvalue weighted by molar-refractivity contribution is 0.194. The smallest absolute Gasteiger partial charge is 0.404 e. The number of amides is 1. The zero-order valence-corrected chi connectivity index (χ0v) is 7.16. The van der Waals surface area contributed by atoms with Crippen LogP contribution in [0.15, 0.2) is 30.8 Å². The van der Waals surface area contributed by atoms with E-state index in [4.69, 9.17) is 5.11 Å². The summed E-state index contributed by atoms with van der Waals surface area (Å²) >= 11 is 0. The zero-order valence-electron chi connectivity index (χ0n) is 7.16. The highest BCUT2D eigenvalue weighted by Crippen LogP contribution is 2.04. The minimum atomic E-state index is -1.01. The van der Waals surface area contributed by atoms with Gasteiger partial charge in [0.2, 0.25) is 0 Å². The van der Waals surface area contributed by atoms with Gasteiger partial charge in [-0.2, -0.15) is 0 Å². The molecular formula is C10H11NO2. The van der Waals surface area contributed by atoms with E-state index in [2.05, 4.69) is 11.9 Å². The summed E-state index contributed by atoms with van der Waals surface area (Å²) in [5.41, 5.74) is 1.96. The van der Waals surface area contributed by atoms with Gasteiger partial charge in [-0.15, -0.1) is 0 Å². The molecular weight excluding hydrogens is 166 g/mol. The Hall–Kier alpha value is -1.77. The van der Waals surface area contributed by atoms with Crippen LogP contribution in [0.2, 0.25) is 0 Å². The standard InChI is InChI=1S/C10H11NO2/c1-2-8-3-5-9(6-4-8)7-11-10(12)13/h2-6,11H,1,7H2,(H,12,13). The minimum absolute atomic E-state index is 0.340. The van der Waals surface area contributed by atoms with Crippen LogP contribution in [0.25, 0.3) is 6.08 Å². The summed E-state index contributed by atoms with van der Waals surface area (Å²) in [6.45, 7) is 3.97. The molecule has 2 N–H and O–H groups in total. The van der Waals surface area contributed by atoms with Crippen LogP contribution < -0.4 is 5.32 Å². The third-order valence-electron chi connectivity index (χ3n) is 1.66. The first-order valence-corrected chi connectivity index (χ1v) is 3.90. The Morgan fingerprint density at radius 2 is 2.08 bits per heavy atom. The Bertz CT molecular complexity index is 303. The number of rotatable bonds is 3. The molecule has 0 atom stereocenters. The third-order valence-corrected chi connectivity index (χ3v) is 1.66. The van der Waals surface area contributed by atoms with Crippen molar-refractivity contribution in [2.75, 3.05) is 0 Å². The molecule has 1 rings (SSSR count). The molecule has 1 aromatic rings. The second-order valence-corrected chi connectivity index (χ2v) is 2.60. The van der Waals surface area contributed by atoms with Crippen molar-refractivity contribution in [3.63, 3.8) is 0 Å². The largest absolute Gasteiger partial charge is 0.465 e. The number of hydrogen-bond donors (Lipinski definition) is 2. The molecule has 1 amide bonds. The monoisotopic (exact) mass is 177 g/mol. The maximum Gasteiger partial charge on any atom is 0.404 e. The summed E-state index contributed by atoms with van der Waals surface area (Å²) in [7, 11) is 0. The van der Waals surface area contributed by atoms with Crippen LogP contribution in [-0.4, -0.2) is 11.2 Å². The van der Waals surface area contributed by atoms with E-state index in [1.165, 1.54) is 0 Å². The highest BCUT2D eigenvalue weighted by molar-refractivity contribution is 5.64. The second-order valence-electron chi connectivity index (χ2n) is 2.60. The third kappa shape index (κ3) is 2.99. The van der Waals surface area contributed by atoms with Crippen molar-refractivity contribution in [3.8, 4) is 0 Å². The van der Waals surface area contributed by atoms with Crippen LogP contribution >= 0.6 is 0 Å². The lowest BCUT2D eigenvalue weighted by atomic mass is 10.1. The molecule has 0 heterocycles. The molecule has 3 heteroatoms. The van der Waals surface area contributed by atoms with Crippen LogP contribution in [0.5, 0.6) is 0 Å². The normalized spacial score (nSPS) is 9.23. The van der Waals surface area contributed by atoms with Crippen molar-refractivity contribution < 1.29 is 9.90 Å². The van der Waals surface area contributed by atoms with Gasteiger partial charge in [0.1, 0.15) is 0 Å². The Morgan fingerprint density at radius 3 is 2.54 bits per heavy atom. The molecule has 0 fully saturated rings. The van der Waals surface area contributed by atoms with Crippen LogP contribution in [0, 0.1) is 0 Å². The zero-order chi connectivity index (χ0) is 9.68. The predicted molar refractivity (Wildman–Crippen MR) is 51.4 cm³/mol. The molecule has 0 saturated heterocycles. The van der Waals surface area contributed by atoms with E-state index in [1.807, 2.05) is 24.3 Å². The van der Waals surface area contributed by atoms with Crippen molar-refractivity contribution in [1.82, 2.24) is 5.32 Å². The van der Waals surface area contributed by atoms with Crippen molar-refractivity contribution in [1.29, 1.82) is 0 Å². The van der Waals surface area contributed by atoms with Gasteiger partial charge < -0.3 is 10.4 Å². The van der Waals surface area contributed by atoms with Gasteiger partial charge in [-0.05, 0) is 11.1 Å². The topological polar surface area (TPSA) is 49.3 Å². The average Bonchev–Trinajstić information content (AvgIpc) is 2.15. The molecule has 0 spiro atoms. The van der Waals surface area contributed by atoms with Crippen molar-refractivity contribution in [2.45, 2.75) is 6.54 Å². The van der Waals surface area contributed by atoms with Crippen molar-refractivity contribution in [2.24, 2.45) is 0 Å². The molecule has 1 aromatic carbocycles. The van der Waals surface area contributed by atoms with E-state index in [-0.39, 0.29) is 0 Å². The summed E-state index contributed by atoms with van der Waals surface area (Å²) in [6.07, 6.45) is 0.738. The fourth-order valence-electron chi connectivity index (χ4n) is 0.949. The molecule has 13 heavy (non-hydrogen) atoms. The molecule has 0 aromatic heterocycles. The SMILES string of the molecule is C=Cc1ccc(CNC(=O)O)cc1. The molecule has 0 aliphatic heterocycles. The van der Waals surface area contributed by atoms with Crippen molar-refractivity contribution >= 4 is 12.2 Å². The molecule has 68 valence electrons. The van der Waals surface area contributed by atoms with E-state index >= 15 is 0 Å². The van der Waals surface area contributed by atoms with E-state index < -0.39 is 6.09 Å². The average molecular weight is 177 g/mol. The van der Waals surface area contributed by atoms with Gasteiger partial charge in [0.25, 0.3) is 0 Å². The van der Waals surface area contributed by atoms with Crippen LogP contribution in [0.1, 0.15) is 11.1 Å². The fourth-order valence-corrected chi connectivity index (χ4v) is 0.949. The van der Waals surface area contributed by atoms with Crippen LogP contribution in [0.3, 0.4) is 0 Å². The quantitative estimate of drug-likeness (QED) is 0.742. The van der Waals surface area contributed by atoms with Gasteiger partial charge in [0.15, 0.2) is 0 Å². The highest BCUT2D eigenvalue weighted by Gasteiger charge is 1.95. The Morgan fingerprint density at radius 1 is 1.46 bits per heavy atom. The van der Waals surface area contributed by atoms with Crippen LogP contribution in [-0.2, 0) is 6.54 Å².